The van der Waals surface area contributed by atoms with Gasteiger partial charge in [0.2, 0.25) is 0 Å². The highest BCUT2D eigenvalue weighted by molar-refractivity contribution is 6.06. The Hall–Kier alpha value is -2.14. The third kappa shape index (κ3) is 2.72. The summed E-state index contributed by atoms with van der Waals surface area (Å²) in [5.41, 5.74) is 0.189. The monoisotopic (exact) mass is 274 g/mol. The van der Waals surface area contributed by atoms with Gasteiger partial charge in [0.05, 0.1) is 5.56 Å². The number of aliphatic hydroxyl groups is 1. The molecule has 2 aromatic rings. The predicted molar refractivity (Wildman–Crippen MR) is 78.0 cm³/mol. The second-order valence-corrected chi connectivity index (χ2v) is 4.96. The van der Waals surface area contributed by atoms with E-state index in [9.17, 15) is 15.0 Å². The first-order chi connectivity index (χ1) is 9.54. The summed E-state index contributed by atoms with van der Waals surface area (Å²) < 4.78 is 0. The van der Waals surface area contributed by atoms with Crippen LogP contribution in [-0.4, -0.2) is 33.8 Å². The molecule has 0 aliphatic heterocycles. The van der Waals surface area contributed by atoms with Gasteiger partial charge in [0.15, 0.2) is 0 Å². The van der Waals surface area contributed by atoms with E-state index in [1.54, 1.807) is 12.1 Å². The number of carboxylic acids is 1. The molecule has 0 saturated heterocycles. The maximum atomic E-state index is 11.2. The molecular weight excluding hydrogens is 256 g/mol. The van der Waals surface area contributed by atoms with E-state index < -0.39 is 5.97 Å². The van der Waals surface area contributed by atoms with Crippen LogP contribution in [0.1, 0.15) is 24.2 Å². The zero-order valence-electron chi connectivity index (χ0n) is 11.5. The lowest BCUT2D eigenvalue weighted by atomic mass is 10.0. The SMILES string of the molecule is CC(CO)C(C)Nc1ncc(C(=O)O)c2ccccc12. The fraction of sp³-hybridized carbons (Fsp3) is 0.333. The van der Waals surface area contributed by atoms with E-state index in [1.165, 1.54) is 6.20 Å². The van der Waals surface area contributed by atoms with Crippen LogP contribution in [0.15, 0.2) is 30.5 Å². The molecule has 0 aliphatic carbocycles. The fourth-order valence-corrected chi connectivity index (χ4v) is 1.99. The Bertz CT molecular complexity index is 628. The number of rotatable bonds is 5. The zero-order chi connectivity index (χ0) is 14.7. The van der Waals surface area contributed by atoms with E-state index in [0.717, 1.165) is 5.39 Å². The molecule has 0 fully saturated rings. The zero-order valence-corrected chi connectivity index (χ0v) is 11.5. The van der Waals surface area contributed by atoms with Gasteiger partial charge >= 0.3 is 5.97 Å². The number of nitrogens with zero attached hydrogens (tertiary/aromatic N) is 1. The largest absolute Gasteiger partial charge is 0.478 e. The molecule has 0 spiro atoms. The first-order valence-electron chi connectivity index (χ1n) is 6.53. The number of aromatic nitrogens is 1. The van der Waals surface area contributed by atoms with Gasteiger partial charge in [0.25, 0.3) is 0 Å². The van der Waals surface area contributed by atoms with Crippen LogP contribution in [0.2, 0.25) is 0 Å². The van der Waals surface area contributed by atoms with E-state index in [2.05, 4.69) is 10.3 Å². The standard InChI is InChI=1S/C15H18N2O3/c1-9(8-18)10(2)17-14-12-6-4-3-5-11(12)13(7-16-14)15(19)20/h3-7,9-10,18H,8H2,1-2H3,(H,16,17)(H,19,20). The Labute approximate surface area is 117 Å². The summed E-state index contributed by atoms with van der Waals surface area (Å²) in [5.74, 6) is -0.273. The van der Waals surface area contributed by atoms with Gasteiger partial charge in [0.1, 0.15) is 5.82 Å². The molecule has 0 aliphatic rings. The minimum absolute atomic E-state index is 0.0339. The van der Waals surface area contributed by atoms with Crippen LogP contribution in [0.25, 0.3) is 10.8 Å². The number of carboxylic acid groups (broad SMARTS) is 1. The van der Waals surface area contributed by atoms with Crippen LogP contribution in [0.3, 0.4) is 0 Å². The van der Waals surface area contributed by atoms with Crippen molar-refractivity contribution in [2.24, 2.45) is 5.92 Å². The Morgan fingerprint density at radius 1 is 1.30 bits per heavy atom. The first-order valence-corrected chi connectivity index (χ1v) is 6.53. The smallest absolute Gasteiger partial charge is 0.337 e. The third-order valence-electron chi connectivity index (χ3n) is 3.53. The van der Waals surface area contributed by atoms with Gasteiger partial charge in [-0.15, -0.1) is 0 Å². The normalized spacial score (nSPS) is 13.9. The van der Waals surface area contributed by atoms with E-state index in [1.807, 2.05) is 26.0 Å². The molecule has 106 valence electrons. The highest BCUT2D eigenvalue weighted by Gasteiger charge is 2.16. The Morgan fingerprint density at radius 3 is 2.55 bits per heavy atom. The lowest BCUT2D eigenvalue weighted by Gasteiger charge is -2.21. The van der Waals surface area contributed by atoms with Gasteiger partial charge in [-0.25, -0.2) is 9.78 Å². The second kappa shape index (κ2) is 5.88. The molecule has 5 heteroatoms. The number of hydrogen-bond donors (Lipinski definition) is 3. The molecule has 1 aromatic heterocycles. The van der Waals surface area contributed by atoms with Crippen molar-refractivity contribution in [1.29, 1.82) is 0 Å². The molecule has 2 atom stereocenters. The third-order valence-corrected chi connectivity index (χ3v) is 3.53. The summed E-state index contributed by atoms with van der Waals surface area (Å²) in [5, 5.41) is 23.0. The molecule has 0 bridgehead atoms. The number of nitrogens with one attached hydrogen (secondary N) is 1. The van der Waals surface area contributed by atoms with Gasteiger partial charge < -0.3 is 15.5 Å². The van der Waals surface area contributed by atoms with Gasteiger partial charge in [-0.3, -0.25) is 0 Å². The van der Waals surface area contributed by atoms with Crippen LogP contribution in [0.5, 0.6) is 0 Å². The number of carbonyl (C=O) groups is 1. The van der Waals surface area contributed by atoms with E-state index in [4.69, 9.17) is 0 Å². The van der Waals surface area contributed by atoms with Crippen molar-refractivity contribution in [3.8, 4) is 0 Å². The minimum Gasteiger partial charge on any atom is -0.478 e. The molecule has 0 saturated carbocycles. The van der Waals surface area contributed by atoms with E-state index >= 15 is 0 Å². The second-order valence-electron chi connectivity index (χ2n) is 4.96. The summed E-state index contributed by atoms with van der Waals surface area (Å²) >= 11 is 0. The molecule has 1 heterocycles. The Balaban J connectivity index is 2.46. The van der Waals surface area contributed by atoms with Crippen molar-refractivity contribution in [3.05, 3.63) is 36.0 Å². The summed E-state index contributed by atoms with van der Waals surface area (Å²) in [7, 11) is 0. The van der Waals surface area contributed by atoms with Crippen molar-refractivity contribution in [2.75, 3.05) is 11.9 Å². The van der Waals surface area contributed by atoms with Crippen molar-refractivity contribution >= 4 is 22.6 Å². The van der Waals surface area contributed by atoms with Crippen LogP contribution in [0, 0.1) is 5.92 Å². The molecule has 0 amide bonds. The summed E-state index contributed by atoms with van der Waals surface area (Å²) in [6.07, 6.45) is 1.36. The highest BCUT2D eigenvalue weighted by Crippen LogP contribution is 2.25. The molecule has 0 radical (unpaired) electrons. The lowest BCUT2D eigenvalue weighted by molar-refractivity contribution is 0.0698. The van der Waals surface area contributed by atoms with E-state index in [0.29, 0.717) is 11.2 Å². The van der Waals surface area contributed by atoms with Crippen LogP contribution >= 0.6 is 0 Å². The van der Waals surface area contributed by atoms with Crippen LogP contribution < -0.4 is 5.32 Å². The number of hydrogen-bond acceptors (Lipinski definition) is 4. The Morgan fingerprint density at radius 2 is 1.95 bits per heavy atom. The quantitative estimate of drug-likeness (QED) is 0.779. The molecule has 3 N–H and O–H groups in total. The lowest BCUT2D eigenvalue weighted by Crippen LogP contribution is -2.26. The topological polar surface area (TPSA) is 82.5 Å². The summed E-state index contributed by atoms with van der Waals surface area (Å²) in [6, 6.07) is 7.30. The summed E-state index contributed by atoms with van der Waals surface area (Å²) in [4.78, 5) is 15.4. The van der Waals surface area contributed by atoms with Crippen LogP contribution in [-0.2, 0) is 0 Å². The molecule has 1 aromatic carbocycles. The number of fused-ring (bicyclic) bond motifs is 1. The van der Waals surface area contributed by atoms with E-state index in [-0.39, 0.29) is 24.1 Å². The highest BCUT2D eigenvalue weighted by atomic mass is 16.4. The minimum atomic E-state index is -0.989. The molecule has 5 nitrogen and oxygen atoms in total. The summed E-state index contributed by atoms with van der Waals surface area (Å²) in [6.45, 7) is 3.98. The maximum Gasteiger partial charge on any atom is 0.337 e. The number of aromatic carboxylic acids is 1. The number of benzene rings is 1. The molecule has 20 heavy (non-hydrogen) atoms. The predicted octanol–water partition coefficient (Wildman–Crippen LogP) is 2.36. The number of aliphatic hydroxyl groups excluding tert-OH is 1. The van der Waals surface area contributed by atoms with Gasteiger partial charge in [0, 0.05) is 29.6 Å². The van der Waals surface area contributed by atoms with Gasteiger partial charge in [-0.2, -0.15) is 0 Å². The average molecular weight is 274 g/mol. The molecule has 2 rings (SSSR count). The number of anilines is 1. The maximum absolute atomic E-state index is 11.2. The van der Waals surface area contributed by atoms with Gasteiger partial charge in [-0.05, 0) is 12.8 Å². The Kier molecular flexibility index (Phi) is 4.20. The first kappa shape index (κ1) is 14.3. The van der Waals surface area contributed by atoms with Crippen molar-refractivity contribution in [3.63, 3.8) is 0 Å². The fourth-order valence-electron chi connectivity index (χ4n) is 1.99. The van der Waals surface area contributed by atoms with Crippen molar-refractivity contribution in [1.82, 2.24) is 4.98 Å². The van der Waals surface area contributed by atoms with Crippen molar-refractivity contribution in [2.45, 2.75) is 19.9 Å². The average Bonchev–Trinajstić information content (AvgIpc) is 2.46. The molecular formula is C15H18N2O3. The van der Waals surface area contributed by atoms with Crippen LogP contribution in [0.4, 0.5) is 5.82 Å². The van der Waals surface area contributed by atoms with Crippen molar-refractivity contribution < 1.29 is 15.0 Å². The van der Waals surface area contributed by atoms with Gasteiger partial charge in [-0.1, -0.05) is 31.2 Å². The molecule has 2 unspecified atom stereocenters. The number of pyridine rings is 1.